The Morgan fingerprint density at radius 3 is 2.50 bits per heavy atom. The molecule has 22 heavy (non-hydrogen) atoms. The van der Waals surface area contributed by atoms with E-state index in [4.69, 9.17) is 9.47 Å². The summed E-state index contributed by atoms with van der Waals surface area (Å²) in [6.45, 7) is 8.94. The molecule has 118 valence electrons. The lowest BCUT2D eigenvalue weighted by Gasteiger charge is -2.14. The van der Waals surface area contributed by atoms with Crippen LogP contribution >= 0.6 is 0 Å². The first-order valence-corrected chi connectivity index (χ1v) is 7.63. The molecule has 0 aromatic carbocycles. The summed E-state index contributed by atoms with van der Waals surface area (Å²) in [6, 6.07) is 8.01. The van der Waals surface area contributed by atoms with E-state index in [1.165, 1.54) is 5.56 Å². The zero-order valence-corrected chi connectivity index (χ0v) is 14.0. The van der Waals surface area contributed by atoms with Crippen LogP contribution in [0.3, 0.4) is 0 Å². The van der Waals surface area contributed by atoms with Gasteiger partial charge in [-0.25, -0.2) is 9.97 Å². The molecule has 2 aromatic heterocycles. The molecule has 0 aliphatic heterocycles. The van der Waals surface area contributed by atoms with Crippen molar-refractivity contribution in [2.24, 2.45) is 0 Å². The zero-order valence-electron chi connectivity index (χ0n) is 14.0. The number of rotatable bonds is 6. The van der Waals surface area contributed by atoms with Crippen molar-refractivity contribution in [3.8, 4) is 11.8 Å². The molecule has 0 saturated carbocycles. The SMILES string of the molecule is COc1cc(C(C)C)cc(COc2ncccc2C(C)C)n1. The number of nitrogens with zero attached hydrogens (tertiary/aromatic N) is 2. The Labute approximate surface area is 132 Å². The predicted molar refractivity (Wildman–Crippen MR) is 87.5 cm³/mol. The molecule has 0 bridgehead atoms. The highest BCUT2D eigenvalue weighted by Gasteiger charge is 2.11. The zero-order chi connectivity index (χ0) is 16.1. The van der Waals surface area contributed by atoms with E-state index in [1.54, 1.807) is 13.3 Å². The highest BCUT2D eigenvalue weighted by molar-refractivity contribution is 5.30. The number of hydrogen-bond donors (Lipinski definition) is 0. The monoisotopic (exact) mass is 300 g/mol. The van der Waals surface area contributed by atoms with Crippen LogP contribution in [0.4, 0.5) is 0 Å². The second-order valence-corrected chi connectivity index (χ2v) is 5.93. The largest absolute Gasteiger partial charge is 0.481 e. The van der Waals surface area contributed by atoms with E-state index in [2.05, 4.69) is 43.7 Å². The number of methoxy groups -OCH3 is 1. The summed E-state index contributed by atoms with van der Waals surface area (Å²) >= 11 is 0. The Balaban J connectivity index is 2.20. The number of ether oxygens (including phenoxy) is 2. The smallest absolute Gasteiger partial charge is 0.217 e. The van der Waals surface area contributed by atoms with Gasteiger partial charge < -0.3 is 9.47 Å². The minimum Gasteiger partial charge on any atom is -0.481 e. The fourth-order valence-electron chi connectivity index (χ4n) is 2.20. The van der Waals surface area contributed by atoms with Crippen LogP contribution in [-0.2, 0) is 6.61 Å². The number of hydrogen-bond acceptors (Lipinski definition) is 4. The van der Waals surface area contributed by atoms with Crippen molar-refractivity contribution in [3.63, 3.8) is 0 Å². The van der Waals surface area contributed by atoms with E-state index < -0.39 is 0 Å². The van der Waals surface area contributed by atoms with Crippen molar-refractivity contribution in [1.29, 1.82) is 0 Å². The van der Waals surface area contributed by atoms with Gasteiger partial charge in [0.2, 0.25) is 11.8 Å². The van der Waals surface area contributed by atoms with Gasteiger partial charge in [-0.05, 0) is 29.5 Å². The molecule has 2 aromatic rings. The van der Waals surface area contributed by atoms with Gasteiger partial charge in [-0.15, -0.1) is 0 Å². The molecule has 2 heterocycles. The van der Waals surface area contributed by atoms with Crippen LogP contribution in [0.5, 0.6) is 11.8 Å². The Bertz CT molecular complexity index is 624. The maximum Gasteiger partial charge on any atom is 0.217 e. The van der Waals surface area contributed by atoms with E-state index in [0.717, 1.165) is 11.3 Å². The van der Waals surface area contributed by atoms with Gasteiger partial charge in [-0.1, -0.05) is 33.8 Å². The lowest BCUT2D eigenvalue weighted by atomic mass is 10.0. The Morgan fingerprint density at radius 1 is 1.09 bits per heavy atom. The Kier molecular flexibility index (Phi) is 5.36. The fraction of sp³-hybridized carbons (Fsp3) is 0.444. The van der Waals surface area contributed by atoms with Crippen LogP contribution in [0.25, 0.3) is 0 Å². The number of aromatic nitrogens is 2. The van der Waals surface area contributed by atoms with Crippen LogP contribution in [0.15, 0.2) is 30.5 Å². The molecule has 0 aliphatic carbocycles. The van der Waals surface area contributed by atoms with Gasteiger partial charge in [0.25, 0.3) is 0 Å². The standard InChI is InChI=1S/C18H24N2O2/c1-12(2)14-9-15(20-17(10-14)21-5)11-22-18-16(13(3)4)7-6-8-19-18/h6-10,12-13H,11H2,1-5H3. The Hall–Kier alpha value is -2.10. The van der Waals surface area contributed by atoms with Crippen LogP contribution in [-0.4, -0.2) is 17.1 Å². The summed E-state index contributed by atoms with van der Waals surface area (Å²) in [5.41, 5.74) is 3.15. The molecule has 0 N–H and O–H groups in total. The van der Waals surface area contributed by atoms with Gasteiger partial charge >= 0.3 is 0 Å². The third kappa shape index (κ3) is 3.97. The van der Waals surface area contributed by atoms with Gasteiger partial charge in [-0.3, -0.25) is 0 Å². The minimum absolute atomic E-state index is 0.369. The van der Waals surface area contributed by atoms with Crippen molar-refractivity contribution in [2.75, 3.05) is 7.11 Å². The molecule has 2 rings (SSSR count). The molecule has 0 saturated heterocycles. The molecule has 0 unspecified atom stereocenters. The van der Waals surface area contributed by atoms with Crippen molar-refractivity contribution < 1.29 is 9.47 Å². The van der Waals surface area contributed by atoms with Gasteiger partial charge in [0.1, 0.15) is 6.61 Å². The lowest BCUT2D eigenvalue weighted by Crippen LogP contribution is -2.05. The van der Waals surface area contributed by atoms with E-state index in [1.807, 2.05) is 18.2 Å². The fourth-order valence-corrected chi connectivity index (χ4v) is 2.20. The van der Waals surface area contributed by atoms with Crippen LogP contribution in [0.1, 0.15) is 56.4 Å². The first kappa shape index (κ1) is 16.3. The van der Waals surface area contributed by atoms with Crippen LogP contribution in [0, 0.1) is 0 Å². The van der Waals surface area contributed by atoms with Crippen molar-refractivity contribution in [3.05, 3.63) is 47.3 Å². The molecule has 4 nitrogen and oxygen atoms in total. The van der Waals surface area contributed by atoms with Crippen molar-refractivity contribution in [2.45, 2.75) is 46.1 Å². The second kappa shape index (κ2) is 7.25. The average molecular weight is 300 g/mol. The summed E-state index contributed by atoms with van der Waals surface area (Å²) in [5, 5.41) is 0. The van der Waals surface area contributed by atoms with Crippen molar-refractivity contribution in [1.82, 2.24) is 9.97 Å². The summed E-state index contributed by atoms with van der Waals surface area (Å²) in [6.07, 6.45) is 1.75. The lowest BCUT2D eigenvalue weighted by molar-refractivity contribution is 0.282. The van der Waals surface area contributed by atoms with Gasteiger partial charge in [0.05, 0.1) is 12.8 Å². The highest BCUT2D eigenvalue weighted by Crippen LogP contribution is 2.25. The normalized spacial score (nSPS) is 11.0. The molecule has 0 radical (unpaired) electrons. The molecule has 0 amide bonds. The first-order chi connectivity index (χ1) is 10.5. The van der Waals surface area contributed by atoms with Crippen molar-refractivity contribution >= 4 is 0 Å². The summed E-state index contributed by atoms with van der Waals surface area (Å²) in [7, 11) is 1.63. The van der Waals surface area contributed by atoms with Crippen LogP contribution < -0.4 is 9.47 Å². The maximum absolute atomic E-state index is 5.89. The second-order valence-electron chi connectivity index (χ2n) is 5.93. The summed E-state index contributed by atoms with van der Waals surface area (Å²) < 4.78 is 11.2. The molecule has 0 fully saturated rings. The third-order valence-corrected chi connectivity index (χ3v) is 3.53. The topological polar surface area (TPSA) is 44.2 Å². The summed E-state index contributed by atoms with van der Waals surface area (Å²) in [5.74, 6) is 2.08. The molecular weight excluding hydrogens is 276 g/mol. The first-order valence-electron chi connectivity index (χ1n) is 7.63. The third-order valence-electron chi connectivity index (χ3n) is 3.53. The van der Waals surface area contributed by atoms with E-state index >= 15 is 0 Å². The molecule has 0 spiro atoms. The quantitative estimate of drug-likeness (QED) is 0.797. The maximum atomic E-state index is 5.89. The van der Waals surface area contributed by atoms with E-state index in [9.17, 15) is 0 Å². The summed E-state index contributed by atoms with van der Waals surface area (Å²) in [4.78, 5) is 8.78. The van der Waals surface area contributed by atoms with E-state index in [-0.39, 0.29) is 0 Å². The average Bonchev–Trinajstić information content (AvgIpc) is 2.52. The molecule has 0 atom stereocenters. The highest BCUT2D eigenvalue weighted by atomic mass is 16.5. The predicted octanol–water partition coefficient (Wildman–Crippen LogP) is 4.31. The Morgan fingerprint density at radius 2 is 1.86 bits per heavy atom. The molecule has 0 aliphatic rings. The van der Waals surface area contributed by atoms with Gasteiger partial charge in [0, 0.05) is 17.8 Å². The minimum atomic E-state index is 0.369. The van der Waals surface area contributed by atoms with Gasteiger partial charge in [0.15, 0.2) is 0 Å². The van der Waals surface area contributed by atoms with Crippen LogP contribution in [0.2, 0.25) is 0 Å². The molecule has 4 heteroatoms. The van der Waals surface area contributed by atoms with E-state index in [0.29, 0.717) is 30.2 Å². The van der Waals surface area contributed by atoms with Gasteiger partial charge in [-0.2, -0.15) is 0 Å². The molecular formula is C18H24N2O2. The number of pyridine rings is 2.